The van der Waals surface area contributed by atoms with Gasteiger partial charge in [-0.25, -0.2) is 0 Å². The van der Waals surface area contributed by atoms with E-state index in [1.165, 1.54) is 19.4 Å². The van der Waals surface area contributed by atoms with Crippen molar-refractivity contribution < 1.29 is 0 Å². The number of nitrogens with zero attached hydrogens (tertiary/aromatic N) is 1. The Morgan fingerprint density at radius 2 is 1.60 bits per heavy atom. The number of nitrogens with one attached hydrogen (secondary N) is 1. The van der Waals surface area contributed by atoms with Gasteiger partial charge in [0.15, 0.2) is 0 Å². The fraction of sp³-hybridized carbons (Fsp3) is 1.00. The zero-order chi connectivity index (χ0) is 8.41. The molecule has 10 heavy (non-hydrogen) atoms. The molecule has 64 valence electrons. The minimum absolute atomic E-state index is 1.23. The fourth-order valence-electron chi connectivity index (χ4n) is 0.474. The number of rotatable bonds is 3. The molecule has 0 radical (unpaired) electrons. The average molecular weight is 146 g/mol. The Balaban J connectivity index is 0. The third-order valence-corrected chi connectivity index (χ3v) is 0.959. The van der Waals surface area contributed by atoms with E-state index < -0.39 is 0 Å². The van der Waals surface area contributed by atoms with Crippen LogP contribution in [0.5, 0.6) is 0 Å². The van der Waals surface area contributed by atoms with E-state index in [0.29, 0.717) is 0 Å². The Kier molecular flexibility index (Phi) is 14.7. The second-order valence-electron chi connectivity index (χ2n) is 2.66. The third-order valence-electron chi connectivity index (χ3n) is 0.959. The Bertz CT molecular complexity index is 44.5. The van der Waals surface area contributed by atoms with Crippen molar-refractivity contribution in [3.8, 4) is 0 Å². The lowest BCUT2D eigenvalue weighted by molar-refractivity contribution is 0.398. The van der Waals surface area contributed by atoms with Crippen LogP contribution in [0, 0.1) is 0 Å². The summed E-state index contributed by atoms with van der Waals surface area (Å²) >= 11 is 0. The molecule has 0 aliphatic heterocycles. The van der Waals surface area contributed by atoms with Gasteiger partial charge < -0.3 is 10.2 Å². The molecule has 0 fully saturated rings. The zero-order valence-electron chi connectivity index (χ0n) is 8.07. The maximum Gasteiger partial charge on any atom is -0.00249 e. The largest absolute Gasteiger partial charge is 0.323 e. The molecule has 0 aromatic rings. The first-order valence-corrected chi connectivity index (χ1v) is 3.92. The molecule has 0 aromatic carbocycles. The van der Waals surface area contributed by atoms with Gasteiger partial charge in [0, 0.05) is 0 Å². The maximum atomic E-state index is 2.75. The molecule has 0 aliphatic rings. The van der Waals surface area contributed by atoms with E-state index in [4.69, 9.17) is 0 Å². The molecular formula is C8H22N2. The molecule has 0 heterocycles. The van der Waals surface area contributed by atoms with Crippen molar-refractivity contribution in [2.45, 2.75) is 19.8 Å². The topological polar surface area (TPSA) is 15.3 Å². The monoisotopic (exact) mass is 146 g/mol. The van der Waals surface area contributed by atoms with Gasteiger partial charge in [0.2, 0.25) is 0 Å². The van der Waals surface area contributed by atoms with Gasteiger partial charge in [-0.3, -0.25) is 0 Å². The molecule has 0 bridgehead atoms. The van der Waals surface area contributed by atoms with E-state index in [9.17, 15) is 0 Å². The number of hydrogen-bond acceptors (Lipinski definition) is 2. The van der Waals surface area contributed by atoms with Gasteiger partial charge in [-0.05, 0) is 41.2 Å². The molecule has 2 nitrogen and oxygen atoms in total. The zero-order valence-corrected chi connectivity index (χ0v) is 8.07. The summed E-state index contributed by atoms with van der Waals surface area (Å²) in [5.41, 5.74) is 0. The van der Waals surface area contributed by atoms with Gasteiger partial charge in [0.05, 0.1) is 0 Å². The van der Waals surface area contributed by atoms with Gasteiger partial charge in [0.1, 0.15) is 0 Å². The summed E-state index contributed by atoms with van der Waals surface area (Å²) in [5.74, 6) is 0. The van der Waals surface area contributed by atoms with Crippen LogP contribution in [0.4, 0.5) is 0 Å². The van der Waals surface area contributed by atoms with Crippen LogP contribution in [-0.2, 0) is 0 Å². The van der Waals surface area contributed by atoms with Crippen LogP contribution in [0.25, 0.3) is 0 Å². The minimum Gasteiger partial charge on any atom is -0.323 e. The highest BCUT2D eigenvalue weighted by Crippen LogP contribution is 1.86. The predicted octanol–water partition coefficient (Wildman–Crippen LogP) is 1.18. The highest BCUT2D eigenvalue weighted by Gasteiger charge is 1.83. The van der Waals surface area contributed by atoms with Crippen molar-refractivity contribution in [2.24, 2.45) is 0 Å². The summed E-state index contributed by atoms with van der Waals surface area (Å²) in [6.07, 6.45) is 2.63. The molecule has 1 N–H and O–H groups in total. The molecule has 0 spiro atoms. The SMILES string of the molecule is CCCCN(C)C.CNC. The molecular weight excluding hydrogens is 124 g/mol. The number of hydrogen-bond donors (Lipinski definition) is 1. The smallest absolute Gasteiger partial charge is 0.00249 e. The normalized spacial score (nSPS) is 9.00. The lowest BCUT2D eigenvalue weighted by Crippen LogP contribution is -2.12. The summed E-state index contributed by atoms with van der Waals surface area (Å²) in [6, 6.07) is 0. The second-order valence-corrected chi connectivity index (χ2v) is 2.66. The van der Waals surface area contributed by atoms with Crippen LogP contribution >= 0.6 is 0 Å². The Morgan fingerprint density at radius 1 is 1.20 bits per heavy atom. The predicted molar refractivity (Wildman–Crippen MR) is 48.4 cm³/mol. The lowest BCUT2D eigenvalue weighted by Gasteiger charge is -2.05. The molecule has 0 aromatic heterocycles. The number of unbranched alkanes of at least 4 members (excludes halogenated alkanes) is 1. The average Bonchev–Trinajstić information content (AvgIpc) is 1.85. The molecule has 0 atom stereocenters. The molecule has 0 unspecified atom stereocenters. The molecule has 0 saturated heterocycles. The van der Waals surface area contributed by atoms with Crippen LogP contribution < -0.4 is 5.32 Å². The quantitative estimate of drug-likeness (QED) is 0.643. The van der Waals surface area contributed by atoms with E-state index in [1.807, 2.05) is 14.1 Å². The van der Waals surface area contributed by atoms with Crippen molar-refractivity contribution in [1.82, 2.24) is 10.2 Å². The van der Waals surface area contributed by atoms with E-state index in [2.05, 4.69) is 31.2 Å². The van der Waals surface area contributed by atoms with E-state index in [1.54, 1.807) is 0 Å². The van der Waals surface area contributed by atoms with Crippen LogP contribution in [0.15, 0.2) is 0 Å². The van der Waals surface area contributed by atoms with Crippen molar-refractivity contribution in [3.05, 3.63) is 0 Å². The second kappa shape index (κ2) is 11.7. The van der Waals surface area contributed by atoms with E-state index >= 15 is 0 Å². The van der Waals surface area contributed by atoms with Crippen LogP contribution in [0.2, 0.25) is 0 Å². The Labute approximate surface area is 65.6 Å². The summed E-state index contributed by atoms with van der Waals surface area (Å²) in [5, 5.41) is 2.75. The van der Waals surface area contributed by atoms with Crippen LogP contribution in [0.1, 0.15) is 19.8 Å². The van der Waals surface area contributed by atoms with Gasteiger partial charge in [0.25, 0.3) is 0 Å². The van der Waals surface area contributed by atoms with Crippen molar-refractivity contribution >= 4 is 0 Å². The van der Waals surface area contributed by atoms with E-state index in [0.717, 1.165) is 0 Å². The summed E-state index contributed by atoms with van der Waals surface area (Å²) in [4.78, 5) is 2.21. The molecule has 0 saturated carbocycles. The molecule has 0 rings (SSSR count). The van der Waals surface area contributed by atoms with Gasteiger partial charge >= 0.3 is 0 Å². The molecule has 2 heteroatoms. The third kappa shape index (κ3) is 24.7. The van der Waals surface area contributed by atoms with Crippen LogP contribution in [0.3, 0.4) is 0 Å². The first kappa shape index (κ1) is 12.6. The highest BCUT2D eigenvalue weighted by atomic mass is 15.0. The lowest BCUT2D eigenvalue weighted by atomic mass is 10.3. The van der Waals surface area contributed by atoms with E-state index in [-0.39, 0.29) is 0 Å². The first-order valence-electron chi connectivity index (χ1n) is 3.92. The Hall–Kier alpha value is -0.0800. The summed E-state index contributed by atoms with van der Waals surface area (Å²) in [7, 11) is 7.96. The Morgan fingerprint density at radius 3 is 1.70 bits per heavy atom. The fourth-order valence-corrected chi connectivity index (χ4v) is 0.474. The summed E-state index contributed by atoms with van der Waals surface area (Å²) < 4.78 is 0. The maximum absolute atomic E-state index is 2.75. The van der Waals surface area contributed by atoms with Gasteiger partial charge in [-0.2, -0.15) is 0 Å². The highest BCUT2D eigenvalue weighted by molar-refractivity contribution is 4.39. The molecule has 0 aliphatic carbocycles. The van der Waals surface area contributed by atoms with Crippen molar-refractivity contribution in [1.29, 1.82) is 0 Å². The van der Waals surface area contributed by atoms with Crippen molar-refractivity contribution in [3.63, 3.8) is 0 Å². The standard InChI is InChI=1S/C6H15N.C2H7N/c1-4-5-6-7(2)3;1-3-2/h4-6H2,1-3H3;3H,1-2H3. The van der Waals surface area contributed by atoms with Gasteiger partial charge in [-0.1, -0.05) is 13.3 Å². The summed E-state index contributed by atoms with van der Waals surface area (Å²) in [6.45, 7) is 3.44. The van der Waals surface area contributed by atoms with Crippen LogP contribution in [-0.4, -0.2) is 39.6 Å². The first-order chi connectivity index (χ1) is 4.68. The minimum atomic E-state index is 1.23. The van der Waals surface area contributed by atoms with Crippen molar-refractivity contribution in [2.75, 3.05) is 34.7 Å². The molecule has 0 amide bonds. The van der Waals surface area contributed by atoms with Gasteiger partial charge in [-0.15, -0.1) is 0 Å².